The van der Waals surface area contributed by atoms with Gasteiger partial charge in [0.25, 0.3) is 15.7 Å². The Hall–Kier alpha value is -2.54. The van der Waals surface area contributed by atoms with Crippen LogP contribution in [-0.2, 0) is 24.8 Å². The van der Waals surface area contributed by atoms with Crippen molar-refractivity contribution in [1.82, 2.24) is 4.72 Å². The molecule has 29 heavy (non-hydrogen) atoms. The zero-order valence-electron chi connectivity index (χ0n) is 15.1. The average molecular weight is 441 g/mol. The van der Waals surface area contributed by atoms with Gasteiger partial charge in [0.05, 0.1) is 15.9 Å². The number of nitrogens with zero attached hydrogens (tertiary/aromatic N) is 1. The summed E-state index contributed by atoms with van der Waals surface area (Å²) in [5.74, 6) is 0. The molecule has 10 nitrogen and oxygen atoms in total. The second-order valence-corrected chi connectivity index (χ2v) is 9.76. The number of nitro groups is 1. The molecule has 12 heteroatoms. The Morgan fingerprint density at radius 3 is 2.34 bits per heavy atom. The highest BCUT2D eigenvalue weighted by Gasteiger charge is 2.25. The number of hydrogen-bond donors (Lipinski definition) is 2. The summed E-state index contributed by atoms with van der Waals surface area (Å²) in [7, 11) is -8.01. The maximum atomic E-state index is 12.5. The second-order valence-electron chi connectivity index (χ2n) is 6.34. The number of nitrogens with one attached hydrogen (secondary N) is 2. The summed E-state index contributed by atoms with van der Waals surface area (Å²) in [5, 5.41) is 11.1. The van der Waals surface area contributed by atoms with Gasteiger partial charge in [-0.05, 0) is 43.2 Å². The fourth-order valence-electron chi connectivity index (χ4n) is 2.84. The molecule has 0 bridgehead atoms. The monoisotopic (exact) mass is 441 g/mol. The molecule has 3 rings (SSSR count). The van der Waals surface area contributed by atoms with Crippen molar-refractivity contribution in [2.75, 3.05) is 17.9 Å². The predicted molar refractivity (Wildman–Crippen MR) is 105 cm³/mol. The Morgan fingerprint density at radius 1 is 1.03 bits per heavy atom. The number of hydrogen-bond acceptors (Lipinski definition) is 7. The Kier molecular flexibility index (Phi) is 6.17. The third-order valence-electron chi connectivity index (χ3n) is 4.29. The summed E-state index contributed by atoms with van der Waals surface area (Å²) in [5.41, 5.74) is -0.487. The predicted octanol–water partition coefficient (Wildman–Crippen LogP) is 1.85. The van der Waals surface area contributed by atoms with Gasteiger partial charge in [0, 0.05) is 24.9 Å². The Labute approximate surface area is 168 Å². The van der Waals surface area contributed by atoms with Gasteiger partial charge >= 0.3 is 0 Å². The number of anilines is 1. The molecule has 1 atom stereocenters. The molecule has 2 N–H and O–H groups in total. The number of rotatable bonds is 8. The molecule has 0 radical (unpaired) electrons. The molecule has 2 aromatic carbocycles. The summed E-state index contributed by atoms with van der Waals surface area (Å²) in [6, 6.07) is 9.97. The van der Waals surface area contributed by atoms with E-state index in [4.69, 9.17) is 4.74 Å². The van der Waals surface area contributed by atoms with Gasteiger partial charge in [-0.1, -0.05) is 12.1 Å². The van der Waals surface area contributed by atoms with E-state index in [-0.39, 0.29) is 23.2 Å². The second kappa shape index (κ2) is 8.45. The lowest BCUT2D eigenvalue weighted by atomic mass is 10.2. The maximum absolute atomic E-state index is 12.5. The van der Waals surface area contributed by atoms with Crippen molar-refractivity contribution >= 4 is 31.4 Å². The molecule has 1 aliphatic rings. The minimum atomic E-state index is -4.23. The Bertz CT molecular complexity index is 1090. The first-order valence-corrected chi connectivity index (χ1v) is 11.6. The Morgan fingerprint density at radius 2 is 1.72 bits per heavy atom. The van der Waals surface area contributed by atoms with Gasteiger partial charge in [-0.15, -0.1) is 0 Å². The van der Waals surface area contributed by atoms with Crippen LogP contribution in [0.2, 0.25) is 0 Å². The number of benzene rings is 2. The van der Waals surface area contributed by atoms with Gasteiger partial charge in [-0.3, -0.25) is 14.8 Å². The van der Waals surface area contributed by atoms with Crippen molar-refractivity contribution in [3.63, 3.8) is 0 Å². The maximum Gasteiger partial charge on any atom is 0.289 e. The zero-order chi connectivity index (χ0) is 21.1. The van der Waals surface area contributed by atoms with E-state index in [1.165, 1.54) is 36.4 Å². The van der Waals surface area contributed by atoms with Crippen molar-refractivity contribution in [3.05, 3.63) is 58.6 Å². The van der Waals surface area contributed by atoms with Crippen LogP contribution in [-0.4, -0.2) is 41.0 Å². The summed E-state index contributed by atoms with van der Waals surface area (Å²) in [6.45, 7) is 0.773. The fraction of sp³-hybridized carbons (Fsp3) is 0.294. The van der Waals surface area contributed by atoms with Crippen LogP contribution in [0.1, 0.15) is 12.8 Å². The van der Waals surface area contributed by atoms with Crippen molar-refractivity contribution in [3.8, 4) is 0 Å². The van der Waals surface area contributed by atoms with Crippen LogP contribution in [0.5, 0.6) is 0 Å². The van der Waals surface area contributed by atoms with E-state index in [0.717, 1.165) is 25.0 Å². The van der Waals surface area contributed by atoms with Crippen molar-refractivity contribution in [2.45, 2.75) is 28.7 Å². The summed E-state index contributed by atoms with van der Waals surface area (Å²) >= 11 is 0. The first kappa shape index (κ1) is 21.2. The van der Waals surface area contributed by atoms with E-state index in [0.29, 0.717) is 6.61 Å². The molecule has 1 heterocycles. The zero-order valence-corrected chi connectivity index (χ0v) is 16.8. The number of ether oxygens (including phenoxy) is 1. The number of nitro benzene ring substituents is 1. The molecule has 2 aromatic rings. The third kappa shape index (κ3) is 5.09. The van der Waals surface area contributed by atoms with Gasteiger partial charge in [0.15, 0.2) is 4.90 Å². The van der Waals surface area contributed by atoms with Gasteiger partial charge in [-0.25, -0.2) is 21.6 Å². The van der Waals surface area contributed by atoms with E-state index in [1.807, 2.05) is 0 Å². The third-order valence-corrected chi connectivity index (χ3v) is 7.16. The molecule has 0 unspecified atom stereocenters. The summed E-state index contributed by atoms with van der Waals surface area (Å²) in [4.78, 5) is 9.75. The van der Waals surface area contributed by atoms with E-state index in [9.17, 15) is 26.9 Å². The first-order chi connectivity index (χ1) is 13.7. The highest BCUT2D eigenvalue weighted by molar-refractivity contribution is 7.93. The van der Waals surface area contributed by atoms with Crippen LogP contribution in [0.4, 0.5) is 11.4 Å². The molecular weight excluding hydrogens is 422 g/mol. The van der Waals surface area contributed by atoms with Crippen LogP contribution in [0, 0.1) is 10.1 Å². The largest absolute Gasteiger partial charge is 0.377 e. The van der Waals surface area contributed by atoms with Gasteiger partial charge < -0.3 is 4.74 Å². The lowest BCUT2D eigenvalue weighted by molar-refractivity contribution is -0.387. The molecular formula is C17H19N3O7S2. The molecule has 0 aromatic heterocycles. The molecule has 1 saturated heterocycles. The van der Waals surface area contributed by atoms with Crippen LogP contribution < -0.4 is 9.44 Å². The molecule has 0 saturated carbocycles. The van der Waals surface area contributed by atoms with Crippen molar-refractivity contribution in [1.29, 1.82) is 0 Å². The molecule has 1 aliphatic heterocycles. The SMILES string of the molecule is O=[N+]([O-])c1ccccc1S(=O)(=O)Nc1ccc(S(=O)(=O)NC[C@@H]2CCCO2)cc1. The van der Waals surface area contributed by atoms with Gasteiger partial charge in [0.2, 0.25) is 10.0 Å². The molecule has 0 spiro atoms. The molecule has 0 aliphatic carbocycles. The van der Waals surface area contributed by atoms with Crippen LogP contribution in [0.15, 0.2) is 58.3 Å². The summed E-state index contributed by atoms with van der Waals surface area (Å²) in [6.07, 6.45) is 1.52. The van der Waals surface area contributed by atoms with Crippen LogP contribution in [0.25, 0.3) is 0 Å². The lowest BCUT2D eigenvalue weighted by Crippen LogP contribution is -2.31. The molecule has 156 valence electrons. The van der Waals surface area contributed by atoms with Crippen LogP contribution in [0.3, 0.4) is 0 Å². The lowest BCUT2D eigenvalue weighted by Gasteiger charge is -2.12. The topological polar surface area (TPSA) is 145 Å². The minimum Gasteiger partial charge on any atom is -0.377 e. The standard InChI is InChI=1S/C17H19N3O7S2/c21-20(22)16-5-1-2-6-17(16)29(25,26)19-13-7-9-15(10-8-13)28(23,24)18-12-14-4-3-11-27-14/h1-2,5-10,14,18-19H,3-4,11-12H2/t14-/m0/s1. The fourth-order valence-corrected chi connectivity index (χ4v) is 5.14. The highest BCUT2D eigenvalue weighted by atomic mass is 32.2. The number of para-hydroxylation sites is 1. The van der Waals surface area contributed by atoms with E-state index >= 15 is 0 Å². The summed E-state index contributed by atoms with van der Waals surface area (Å²) < 4.78 is 59.7. The quantitative estimate of drug-likeness (QED) is 0.470. The smallest absolute Gasteiger partial charge is 0.289 e. The van der Waals surface area contributed by atoms with Crippen molar-refractivity contribution < 1.29 is 26.5 Å². The average Bonchev–Trinajstić information content (AvgIpc) is 3.20. The Balaban J connectivity index is 1.74. The van der Waals surface area contributed by atoms with E-state index in [2.05, 4.69) is 9.44 Å². The molecule has 0 amide bonds. The normalized spacial score (nSPS) is 17.2. The number of sulfonamides is 2. The van der Waals surface area contributed by atoms with E-state index in [1.54, 1.807) is 0 Å². The van der Waals surface area contributed by atoms with Crippen LogP contribution >= 0.6 is 0 Å². The van der Waals surface area contributed by atoms with Gasteiger partial charge in [0.1, 0.15) is 0 Å². The van der Waals surface area contributed by atoms with E-state index < -0.39 is 35.6 Å². The minimum absolute atomic E-state index is 0.0378. The first-order valence-electron chi connectivity index (χ1n) is 8.67. The van der Waals surface area contributed by atoms with Gasteiger partial charge in [-0.2, -0.15) is 0 Å². The van der Waals surface area contributed by atoms with Crippen molar-refractivity contribution in [2.24, 2.45) is 0 Å². The highest BCUT2D eigenvalue weighted by Crippen LogP contribution is 2.25. The molecule has 1 fully saturated rings.